The van der Waals surface area contributed by atoms with Crippen molar-refractivity contribution in [3.8, 4) is 0 Å². The van der Waals surface area contributed by atoms with Crippen LogP contribution in [0.4, 0.5) is 5.69 Å². The summed E-state index contributed by atoms with van der Waals surface area (Å²) >= 11 is 0. The largest absolute Gasteiger partial charge is 0.345 e. The van der Waals surface area contributed by atoms with E-state index in [1.807, 2.05) is 6.92 Å². The SMILES string of the molecule is CCC(NC(=O)c1ccccc1NS(C)(=O)=O)c1ccc(S(C)(=O)=O)cc1. The molecule has 27 heavy (non-hydrogen) atoms. The van der Waals surface area contributed by atoms with Crippen LogP contribution in [0.25, 0.3) is 0 Å². The minimum absolute atomic E-state index is 0.194. The zero-order chi connectivity index (χ0) is 20.2. The quantitative estimate of drug-likeness (QED) is 0.728. The van der Waals surface area contributed by atoms with Crippen molar-refractivity contribution in [2.24, 2.45) is 0 Å². The van der Waals surface area contributed by atoms with E-state index in [0.717, 1.165) is 18.1 Å². The molecule has 0 bridgehead atoms. The number of sulfonamides is 1. The fraction of sp³-hybridized carbons (Fsp3) is 0.278. The second-order valence-corrected chi connectivity index (χ2v) is 9.96. The highest BCUT2D eigenvalue weighted by Crippen LogP contribution is 2.22. The Labute approximate surface area is 159 Å². The Hall–Kier alpha value is -2.39. The molecule has 7 nitrogen and oxygen atoms in total. The van der Waals surface area contributed by atoms with Crippen LogP contribution in [-0.2, 0) is 19.9 Å². The van der Waals surface area contributed by atoms with Gasteiger partial charge in [0.15, 0.2) is 9.84 Å². The molecule has 0 aromatic heterocycles. The number of carbonyl (C=O) groups excluding carboxylic acids is 1. The number of hydrogen-bond donors (Lipinski definition) is 2. The molecule has 2 aromatic rings. The van der Waals surface area contributed by atoms with Gasteiger partial charge in [0.25, 0.3) is 5.91 Å². The van der Waals surface area contributed by atoms with Gasteiger partial charge in [0.05, 0.1) is 28.4 Å². The monoisotopic (exact) mass is 410 g/mol. The maximum Gasteiger partial charge on any atom is 0.253 e. The molecule has 0 fully saturated rings. The molecule has 0 aliphatic heterocycles. The standard InChI is InChI=1S/C18H22N2O5S2/c1-4-16(13-9-11-14(12-10-13)26(2,22)23)19-18(21)15-7-5-6-8-17(15)20-27(3,24)25/h5-12,16,20H,4H2,1-3H3,(H,19,21). The normalized spacial score (nSPS) is 13.0. The number of rotatable bonds is 7. The number of nitrogens with one attached hydrogen (secondary N) is 2. The molecule has 2 aromatic carbocycles. The van der Waals surface area contributed by atoms with E-state index in [2.05, 4.69) is 10.0 Å². The molecule has 0 aliphatic carbocycles. The van der Waals surface area contributed by atoms with Gasteiger partial charge in [-0.15, -0.1) is 0 Å². The van der Waals surface area contributed by atoms with Crippen LogP contribution in [0, 0.1) is 0 Å². The summed E-state index contributed by atoms with van der Waals surface area (Å²) in [5.41, 5.74) is 1.15. The number of sulfone groups is 1. The Morgan fingerprint density at radius 1 is 0.963 bits per heavy atom. The van der Waals surface area contributed by atoms with Crippen LogP contribution in [0.15, 0.2) is 53.4 Å². The Morgan fingerprint density at radius 2 is 1.56 bits per heavy atom. The van der Waals surface area contributed by atoms with Gasteiger partial charge in [-0.1, -0.05) is 31.2 Å². The fourth-order valence-electron chi connectivity index (χ4n) is 2.57. The molecule has 0 saturated carbocycles. The summed E-state index contributed by atoms with van der Waals surface area (Å²) in [6.45, 7) is 1.88. The van der Waals surface area contributed by atoms with Crippen LogP contribution in [0.2, 0.25) is 0 Å². The summed E-state index contributed by atoms with van der Waals surface area (Å²) in [5.74, 6) is -0.430. The predicted molar refractivity (Wildman–Crippen MR) is 105 cm³/mol. The molecule has 0 heterocycles. The van der Waals surface area contributed by atoms with Gasteiger partial charge in [-0.05, 0) is 36.2 Å². The number of para-hydroxylation sites is 1. The smallest absolute Gasteiger partial charge is 0.253 e. The van der Waals surface area contributed by atoms with Crippen LogP contribution in [-0.4, -0.2) is 35.3 Å². The summed E-state index contributed by atoms with van der Waals surface area (Å²) in [6, 6.07) is 12.3. The number of benzene rings is 2. The predicted octanol–water partition coefficient (Wildman–Crippen LogP) is 2.34. The zero-order valence-corrected chi connectivity index (χ0v) is 16.9. The second-order valence-electron chi connectivity index (χ2n) is 6.20. The summed E-state index contributed by atoms with van der Waals surface area (Å²) in [7, 11) is -6.82. The van der Waals surface area contributed by atoms with Gasteiger partial charge in [-0.25, -0.2) is 16.8 Å². The van der Waals surface area contributed by atoms with E-state index in [-0.39, 0.29) is 22.2 Å². The molecule has 9 heteroatoms. The van der Waals surface area contributed by atoms with E-state index in [4.69, 9.17) is 0 Å². The molecule has 1 amide bonds. The molecule has 2 rings (SSSR count). The number of carbonyl (C=O) groups is 1. The van der Waals surface area contributed by atoms with Gasteiger partial charge >= 0.3 is 0 Å². The topological polar surface area (TPSA) is 109 Å². The Bertz CT molecular complexity index is 1030. The molecular weight excluding hydrogens is 388 g/mol. The molecule has 1 unspecified atom stereocenters. The van der Waals surface area contributed by atoms with E-state index in [1.165, 1.54) is 24.3 Å². The average Bonchev–Trinajstić information content (AvgIpc) is 2.58. The first kappa shape index (κ1) is 20.9. The molecular formula is C18H22N2O5S2. The molecule has 0 saturated heterocycles. The Morgan fingerprint density at radius 3 is 2.07 bits per heavy atom. The van der Waals surface area contributed by atoms with Crippen LogP contribution in [0.3, 0.4) is 0 Å². The van der Waals surface area contributed by atoms with Crippen molar-refractivity contribution >= 4 is 31.5 Å². The first-order valence-corrected chi connectivity index (χ1v) is 12.0. The number of anilines is 1. The summed E-state index contributed by atoms with van der Waals surface area (Å²) in [4.78, 5) is 12.9. The van der Waals surface area contributed by atoms with Gasteiger partial charge in [0.2, 0.25) is 10.0 Å². The van der Waals surface area contributed by atoms with Crippen LogP contribution >= 0.6 is 0 Å². The summed E-state index contributed by atoms with van der Waals surface area (Å²) < 4.78 is 48.5. The lowest BCUT2D eigenvalue weighted by Gasteiger charge is -2.19. The Kier molecular flexibility index (Phi) is 6.27. The third kappa shape index (κ3) is 5.80. The van der Waals surface area contributed by atoms with E-state index >= 15 is 0 Å². The number of hydrogen-bond acceptors (Lipinski definition) is 5. The van der Waals surface area contributed by atoms with Crippen molar-refractivity contribution in [1.82, 2.24) is 5.32 Å². The highest BCUT2D eigenvalue weighted by atomic mass is 32.2. The van der Waals surface area contributed by atoms with Crippen molar-refractivity contribution in [2.75, 3.05) is 17.2 Å². The van der Waals surface area contributed by atoms with Gasteiger partial charge in [-0.3, -0.25) is 9.52 Å². The lowest BCUT2D eigenvalue weighted by Crippen LogP contribution is -2.29. The maximum atomic E-state index is 12.7. The van der Waals surface area contributed by atoms with Gasteiger partial charge in [0, 0.05) is 6.26 Å². The van der Waals surface area contributed by atoms with Gasteiger partial charge in [0.1, 0.15) is 0 Å². The molecule has 1 atom stereocenters. The first-order valence-electron chi connectivity index (χ1n) is 8.19. The molecule has 146 valence electrons. The zero-order valence-electron chi connectivity index (χ0n) is 15.3. The lowest BCUT2D eigenvalue weighted by molar-refractivity contribution is 0.0936. The van der Waals surface area contributed by atoms with E-state index in [1.54, 1.807) is 24.3 Å². The highest BCUT2D eigenvalue weighted by molar-refractivity contribution is 7.92. The average molecular weight is 411 g/mol. The van der Waals surface area contributed by atoms with Crippen molar-refractivity contribution in [3.05, 3.63) is 59.7 Å². The first-order chi connectivity index (χ1) is 12.5. The highest BCUT2D eigenvalue weighted by Gasteiger charge is 2.18. The van der Waals surface area contributed by atoms with Crippen molar-refractivity contribution in [3.63, 3.8) is 0 Å². The van der Waals surface area contributed by atoms with Crippen LogP contribution in [0.1, 0.15) is 35.3 Å². The van der Waals surface area contributed by atoms with Crippen LogP contribution < -0.4 is 10.0 Å². The van der Waals surface area contributed by atoms with Gasteiger partial charge < -0.3 is 5.32 Å². The number of amides is 1. The van der Waals surface area contributed by atoms with E-state index in [0.29, 0.717) is 6.42 Å². The van der Waals surface area contributed by atoms with Crippen molar-refractivity contribution < 1.29 is 21.6 Å². The minimum atomic E-state index is -3.53. The maximum absolute atomic E-state index is 12.7. The van der Waals surface area contributed by atoms with Gasteiger partial charge in [-0.2, -0.15) is 0 Å². The second kappa shape index (κ2) is 8.10. The van der Waals surface area contributed by atoms with E-state index in [9.17, 15) is 21.6 Å². The minimum Gasteiger partial charge on any atom is -0.345 e. The third-order valence-electron chi connectivity index (χ3n) is 3.89. The molecule has 0 spiro atoms. The van der Waals surface area contributed by atoms with Crippen molar-refractivity contribution in [2.45, 2.75) is 24.3 Å². The van der Waals surface area contributed by atoms with Crippen molar-refractivity contribution in [1.29, 1.82) is 0 Å². The fourth-order valence-corrected chi connectivity index (χ4v) is 3.78. The molecule has 2 N–H and O–H groups in total. The lowest BCUT2D eigenvalue weighted by atomic mass is 10.0. The Balaban J connectivity index is 2.26. The molecule has 0 radical (unpaired) electrons. The summed E-state index contributed by atoms with van der Waals surface area (Å²) in [6.07, 6.45) is 2.72. The van der Waals surface area contributed by atoms with Crippen LogP contribution in [0.5, 0.6) is 0 Å². The van der Waals surface area contributed by atoms with E-state index < -0.39 is 25.8 Å². The molecule has 0 aliphatic rings. The summed E-state index contributed by atoms with van der Waals surface area (Å²) in [5, 5.41) is 2.86. The third-order valence-corrected chi connectivity index (χ3v) is 5.61.